The summed E-state index contributed by atoms with van der Waals surface area (Å²) in [7, 11) is 0. The van der Waals surface area contributed by atoms with Gasteiger partial charge >= 0.3 is 0 Å². The summed E-state index contributed by atoms with van der Waals surface area (Å²) in [4.78, 5) is 0. The van der Waals surface area contributed by atoms with Crippen molar-refractivity contribution in [3.05, 3.63) is 65.7 Å². The molecular formula is C23H30O2. The van der Waals surface area contributed by atoms with Gasteiger partial charge in [-0.05, 0) is 47.9 Å². The van der Waals surface area contributed by atoms with Crippen LogP contribution in [-0.2, 0) is 6.61 Å². The van der Waals surface area contributed by atoms with E-state index in [9.17, 15) is 5.11 Å². The van der Waals surface area contributed by atoms with Crippen LogP contribution in [0.4, 0.5) is 0 Å². The molecule has 3 atom stereocenters. The van der Waals surface area contributed by atoms with Gasteiger partial charge in [0.05, 0.1) is 6.10 Å². The van der Waals surface area contributed by atoms with Crippen molar-refractivity contribution in [3.63, 3.8) is 0 Å². The lowest BCUT2D eigenvalue weighted by molar-refractivity contribution is 0.0665. The Morgan fingerprint density at radius 1 is 1.08 bits per heavy atom. The van der Waals surface area contributed by atoms with Crippen LogP contribution in [0.2, 0.25) is 0 Å². The molecule has 1 fully saturated rings. The van der Waals surface area contributed by atoms with Crippen LogP contribution in [0.3, 0.4) is 0 Å². The molecule has 2 aromatic rings. The van der Waals surface area contributed by atoms with Gasteiger partial charge in [0, 0.05) is 0 Å². The maximum absolute atomic E-state index is 10.9. The van der Waals surface area contributed by atoms with Gasteiger partial charge in [0.2, 0.25) is 0 Å². The molecule has 0 saturated heterocycles. The maximum atomic E-state index is 10.9. The molecule has 1 aliphatic rings. The highest BCUT2D eigenvalue weighted by molar-refractivity contribution is 5.30. The average molecular weight is 338 g/mol. The molecule has 3 rings (SSSR count). The van der Waals surface area contributed by atoms with Crippen LogP contribution in [-0.4, -0.2) is 5.11 Å². The minimum atomic E-state index is -0.375. The van der Waals surface area contributed by atoms with E-state index in [2.05, 4.69) is 19.1 Å². The van der Waals surface area contributed by atoms with Gasteiger partial charge in [-0.1, -0.05) is 75.1 Å². The largest absolute Gasteiger partial charge is 0.489 e. The van der Waals surface area contributed by atoms with Crippen molar-refractivity contribution in [2.24, 2.45) is 11.8 Å². The smallest absolute Gasteiger partial charge is 0.120 e. The standard InChI is InChI=1S/C23H30O2/c1-2-8-18-11-6-12-20(15-18)23(24)21-13-7-14-22(16-21)25-17-19-9-4-3-5-10-19/h3-5,7,9-10,13-14,16,18,20,23-24H,2,6,8,11-12,15,17H2,1H3/t18-,20+,23-/m1/s1. The highest BCUT2D eigenvalue weighted by atomic mass is 16.5. The first-order valence-corrected chi connectivity index (χ1v) is 9.71. The zero-order valence-corrected chi connectivity index (χ0v) is 15.2. The van der Waals surface area contributed by atoms with E-state index in [0.717, 1.165) is 35.6 Å². The van der Waals surface area contributed by atoms with Crippen molar-refractivity contribution in [2.75, 3.05) is 0 Å². The first-order valence-electron chi connectivity index (χ1n) is 9.71. The molecule has 2 nitrogen and oxygen atoms in total. The molecule has 0 heterocycles. The van der Waals surface area contributed by atoms with Gasteiger partial charge in [-0.3, -0.25) is 0 Å². The fraction of sp³-hybridized carbons (Fsp3) is 0.478. The third-order valence-corrected chi connectivity index (χ3v) is 5.41. The maximum Gasteiger partial charge on any atom is 0.120 e. The summed E-state index contributed by atoms with van der Waals surface area (Å²) >= 11 is 0. The molecule has 0 aliphatic heterocycles. The van der Waals surface area contributed by atoms with Gasteiger partial charge in [-0.15, -0.1) is 0 Å². The molecule has 134 valence electrons. The predicted molar refractivity (Wildman–Crippen MR) is 103 cm³/mol. The molecule has 1 N–H and O–H groups in total. The van der Waals surface area contributed by atoms with Crippen LogP contribution in [0.15, 0.2) is 54.6 Å². The molecule has 2 aromatic carbocycles. The summed E-state index contributed by atoms with van der Waals surface area (Å²) in [5.74, 6) is 2.01. The molecule has 1 aliphatic carbocycles. The summed E-state index contributed by atoms with van der Waals surface area (Å²) in [6, 6.07) is 18.2. The van der Waals surface area contributed by atoms with E-state index in [1.807, 2.05) is 42.5 Å². The van der Waals surface area contributed by atoms with Crippen LogP contribution in [0.25, 0.3) is 0 Å². The molecule has 0 radical (unpaired) electrons. The van der Waals surface area contributed by atoms with Crippen molar-refractivity contribution in [1.29, 1.82) is 0 Å². The monoisotopic (exact) mass is 338 g/mol. The molecule has 0 amide bonds. The Kier molecular flexibility index (Phi) is 6.52. The Morgan fingerprint density at radius 3 is 2.72 bits per heavy atom. The average Bonchev–Trinajstić information content (AvgIpc) is 2.67. The predicted octanol–water partition coefficient (Wildman–Crippen LogP) is 5.91. The lowest BCUT2D eigenvalue weighted by Gasteiger charge is -2.32. The van der Waals surface area contributed by atoms with Gasteiger partial charge in [0.15, 0.2) is 0 Å². The lowest BCUT2D eigenvalue weighted by Crippen LogP contribution is -2.21. The molecule has 0 spiro atoms. The number of hydrogen-bond acceptors (Lipinski definition) is 2. The highest BCUT2D eigenvalue weighted by Gasteiger charge is 2.28. The lowest BCUT2D eigenvalue weighted by atomic mass is 9.76. The molecule has 0 bridgehead atoms. The van der Waals surface area contributed by atoms with Crippen LogP contribution in [0, 0.1) is 11.8 Å². The van der Waals surface area contributed by atoms with Gasteiger partial charge < -0.3 is 9.84 Å². The number of aliphatic hydroxyl groups is 1. The minimum absolute atomic E-state index is 0.375. The normalized spacial score (nSPS) is 21.7. The second-order valence-electron chi connectivity index (χ2n) is 7.37. The third kappa shape index (κ3) is 5.09. The second-order valence-corrected chi connectivity index (χ2v) is 7.37. The molecule has 0 unspecified atom stereocenters. The summed E-state index contributed by atoms with van der Waals surface area (Å²) in [6.07, 6.45) is 7.04. The summed E-state index contributed by atoms with van der Waals surface area (Å²) in [5, 5.41) is 10.9. The fourth-order valence-corrected chi connectivity index (χ4v) is 4.09. The highest BCUT2D eigenvalue weighted by Crippen LogP contribution is 2.39. The van der Waals surface area contributed by atoms with Crippen molar-refractivity contribution >= 4 is 0 Å². The van der Waals surface area contributed by atoms with Crippen molar-refractivity contribution in [3.8, 4) is 5.75 Å². The van der Waals surface area contributed by atoms with Crippen LogP contribution < -0.4 is 4.74 Å². The van der Waals surface area contributed by atoms with Crippen molar-refractivity contribution < 1.29 is 9.84 Å². The van der Waals surface area contributed by atoms with Gasteiger partial charge in [-0.2, -0.15) is 0 Å². The Hall–Kier alpha value is -1.80. The summed E-state index contributed by atoms with van der Waals surface area (Å²) < 4.78 is 5.92. The van der Waals surface area contributed by atoms with E-state index in [-0.39, 0.29) is 6.10 Å². The van der Waals surface area contributed by atoms with Crippen LogP contribution in [0.1, 0.15) is 62.7 Å². The Bertz CT molecular complexity index is 636. The van der Waals surface area contributed by atoms with Crippen LogP contribution >= 0.6 is 0 Å². The fourth-order valence-electron chi connectivity index (χ4n) is 4.09. The number of benzene rings is 2. The topological polar surface area (TPSA) is 29.5 Å². The molecule has 2 heteroatoms. The minimum Gasteiger partial charge on any atom is -0.489 e. The molecular weight excluding hydrogens is 308 g/mol. The third-order valence-electron chi connectivity index (χ3n) is 5.41. The van der Waals surface area contributed by atoms with E-state index in [1.165, 1.54) is 25.7 Å². The van der Waals surface area contributed by atoms with E-state index in [0.29, 0.717) is 12.5 Å². The Labute approximate surface area is 151 Å². The Morgan fingerprint density at radius 2 is 1.92 bits per heavy atom. The van der Waals surface area contributed by atoms with E-state index in [1.54, 1.807) is 0 Å². The summed E-state index contributed by atoms with van der Waals surface area (Å²) in [5.41, 5.74) is 2.15. The first kappa shape index (κ1) is 18.0. The van der Waals surface area contributed by atoms with Gasteiger partial charge in [0.1, 0.15) is 12.4 Å². The second kappa shape index (κ2) is 9.05. The van der Waals surface area contributed by atoms with Gasteiger partial charge in [-0.25, -0.2) is 0 Å². The number of aliphatic hydroxyl groups excluding tert-OH is 1. The zero-order chi connectivity index (χ0) is 17.5. The number of ether oxygens (including phenoxy) is 1. The summed E-state index contributed by atoms with van der Waals surface area (Å²) in [6.45, 7) is 2.82. The SMILES string of the molecule is CCC[C@@H]1CCC[C@H]([C@@H](O)c2cccc(OCc3ccccc3)c2)C1. The number of rotatable bonds is 7. The zero-order valence-electron chi connectivity index (χ0n) is 15.2. The van der Waals surface area contributed by atoms with E-state index < -0.39 is 0 Å². The van der Waals surface area contributed by atoms with Gasteiger partial charge in [0.25, 0.3) is 0 Å². The molecule has 0 aromatic heterocycles. The molecule has 1 saturated carbocycles. The first-order chi connectivity index (χ1) is 12.3. The quantitative estimate of drug-likeness (QED) is 0.680. The Balaban J connectivity index is 1.62. The van der Waals surface area contributed by atoms with Crippen molar-refractivity contribution in [1.82, 2.24) is 0 Å². The molecule has 25 heavy (non-hydrogen) atoms. The number of hydrogen-bond donors (Lipinski definition) is 1. The van der Waals surface area contributed by atoms with Crippen LogP contribution in [0.5, 0.6) is 5.75 Å². The van der Waals surface area contributed by atoms with E-state index >= 15 is 0 Å². The van der Waals surface area contributed by atoms with E-state index in [4.69, 9.17) is 4.74 Å². The van der Waals surface area contributed by atoms with Crippen molar-refractivity contribution in [2.45, 2.75) is 58.2 Å².